The van der Waals surface area contributed by atoms with Gasteiger partial charge in [-0.15, -0.1) is 12.4 Å². The number of hydrogen-bond donors (Lipinski definition) is 1. The molecular weight excluding hydrogens is 326 g/mol. The average Bonchev–Trinajstić information content (AvgIpc) is 2.61. The van der Waals surface area contributed by atoms with Gasteiger partial charge >= 0.3 is 0 Å². The first-order chi connectivity index (χ1) is 11.1. The second kappa shape index (κ2) is 8.38. The Balaban J connectivity index is 0.00000208. The molecule has 1 aromatic rings. The van der Waals surface area contributed by atoms with Crippen LogP contribution in [0.3, 0.4) is 0 Å². The Morgan fingerprint density at radius 3 is 2.21 bits per heavy atom. The standard InChI is InChI=1S/C18H25N3O2.ClH/c19-16-8-4-7-15(13-16)18(23)21-11-9-20(10-12-21)17(22)14-5-2-1-3-6-14;/h4,7-8,13-14H,1-3,5-6,9-12,19H2;1H. The van der Waals surface area contributed by atoms with Crippen LogP contribution in [0.1, 0.15) is 42.5 Å². The van der Waals surface area contributed by atoms with E-state index in [1.807, 2.05) is 9.80 Å². The molecule has 24 heavy (non-hydrogen) atoms. The second-order valence-electron chi connectivity index (χ2n) is 6.58. The molecule has 0 bridgehead atoms. The van der Waals surface area contributed by atoms with Crippen LogP contribution >= 0.6 is 12.4 Å². The Labute approximate surface area is 149 Å². The largest absolute Gasteiger partial charge is 0.399 e. The van der Waals surface area contributed by atoms with Crippen molar-refractivity contribution in [3.63, 3.8) is 0 Å². The minimum atomic E-state index is 0. The number of carbonyl (C=O) groups excluding carboxylic acids is 2. The number of hydrogen-bond acceptors (Lipinski definition) is 3. The third-order valence-electron chi connectivity index (χ3n) is 4.97. The fourth-order valence-electron chi connectivity index (χ4n) is 3.59. The van der Waals surface area contributed by atoms with Gasteiger partial charge in [-0.1, -0.05) is 25.3 Å². The van der Waals surface area contributed by atoms with Crippen LogP contribution in [-0.2, 0) is 4.79 Å². The van der Waals surface area contributed by atoms with Crippen molar-refractivity contribution in [3.05, 3.63) is 29.8 Å². The van der Waals surface area contributed by atoms with Crippen molar-refractivity contribution in [2.45, 2.75) is 32.1 Å². The van der Waals surface area contributed by atoms with Crippen LogP contribution in [0.5, 0.6) is 0 Å². The zero-order chi connectivity index (χ0) is 16.2. The fraction of sp³-hybridized carbons (Fsp3) is 0.556. The van der Waals surface area contributed by atoms with Gasteiger partial charge in [-0.25, -0.2) is 0 Å². The van der Waals surface area contributed by atoms with E-state index >= 15 is 0 Å². The molecule has 0 aromatic heterocycles. The predicted molar refractivity (Wildman–Crippen MR) is 97.2 cm³/mol. The van der Waals surface area contributed by atoms with Gasteiger partial charge in [0.05, 0.1) is 0 Å². The van der Waals surface area contributed by atoms with Crippen LogP contribution in [-0.4, -0.2) is 47.8 Å². The molecular formula is C18H26ClN3O2. The maximum Gasteiger partial charge on any atom is 0.254 e. The van der Waals surface area contributed by atoms with E-state index in [0.29, 0.717) is 43.3 Å². The molecule has 1 saturated heterocycles. The van der Waals surface area contributed by atoms with Gasteiger partial charge in [0.25, 0.3) is 5.91 Å². The van der Waals surface area contributed by atoms with E-state index in [1.54, 1.807) is 24.3 Å². The number of anilines is 1. The van der Waals surface area contributed by atoms with Gasteiger partial charge in [-0.3, -0.25) is 9.59 Å². The Kier molecular flexibility index (Phi) is 6.49. The number of carbonyl (C=O) groups is 2. The molecule has 5 nitrogen and oxygen atoms in total. The SMILES string of the molecule is Cl.Nc1cccc(C(=O)N2CCN(C(=O)C3CCCCC3)CC2)c1. The Hall–Kier alpha value is -1.75. The molecule has 1 aliphatic carbocycles. The molecule has 1 aliphatic heterocycles. The first-order valence-corrected chi connectivity index (χ1v) is 8.59. The maximum absolute atomic E-state index is 12.6. The van der Waals surface area contributed by atoms with Crippen LogP contribution < -0.4 is 5.73 Å². The molecule has 3 rings (SSSR count). The normalized spacial score (nSPS) is 18.8. The van der Waals surface area contributed by atoms with Crippen LogP contribution in [0.15, 0.2) is 24.3 Å². The molecule has 2 amide bonds. The number of nitrogen functional groups attached to an aromatic ring is 1. The quantitative estimate of drug-likeness (QED) is 0.833. The zero-order valence-electron chi connectivity index (χ0n) is 13.9. The number of amides is 2. The summed E-state index contributed by atoms with van der Waals surface area (Å²) in [5.41, 5.74) is 6.97. The number of piperazine rings is 1. The monoisotopic (exact) mass is 351 g/mol. The summed E-state index contributed by atoms with van der Waals surface area (Å²) >= 11 is 0. The molecule has 0 spiro atoms. The number of rotatable bonds is 2. The number of benzene rings is 1. The smallest absolute Gasteiger partial charge is 0.254 e. The summed E-state index contributed by atoms with van der Waals surface area (Å²) in [6.07, 6.45) is 5.66. The molecule has 1 aromatic carbocycles. The third kappa shape index (κ3) is 4.20. The minimum Gasteiger partial charge on any atom is -0.399 e. The second-order valence-corrected chi connectivity index (χ2v) is 6.58. The van der Waals surface area contributed by atoms with Crippen molar-refractivity contribution in [3.8, 4) is 0 Å². The lowest BCUT2D eigenvalue weighted by Crippen LogP contribution is -2.52. The van der Waals surface area contributed by atoms with Crippen molar-refractivity contribution in [1.29, 1.82) is 0 Å². The molecule has 0 unspecified atom stereocenters. The van der Waals surface area contributed by atoms with Crippen molar-refractivity contribution in [2.24, 2.45) is 5.92 Å². The molecule has 0 radical (unpaired) electrons. The van der Waals surface area contributed by atoms with Crippen LogP contribution in [0.4, 0.5) is 5.69 Å². The third-order valence-corrected chi connectivity index (χ3v) is 4.97. The van der Waals surface area contributed by atoms with Crippen molar-refractivity contribution < 1.29 is 9.59 Å². The summed E-state index contributed by atoms with van der Waals surface area (Å²) in [5, 5.41) is 0. The molecule has 1 heterocycles. The van der Waals surface area contributed by atoms with Crippen molar-refractivity contribution in [2.75, 3.05) is 31.9 Å². The van der Waals surface area contributed by atoms with E-state index in [9.17, 15) is 9.59 Å². The Bertz CT molecular complexity index is 579. The molecule has 1 saturated carbocycles. The average molecular weight is 352 g/mol. The van der Waals surface area contributed by atoms with Gasteiger partial charge in [0.15, 0.2) is 0 Å². The molecule has 0 atom stereocenters. The van der Waals surface area contributed by atoms with E-state index < -0.39 is 0 Å². The van der Waals surface area contributed by atoms with Gasteiger partial charge in [-0.2, -0.15) is 0 Å². The lowest BCUT2D eigenvalue weighted by molar-refractivity contribution is -0.138. The zero-order valence-corrected chi connectivity index (χ0v) is 14.8. The van der Waals surface area contributed by atoms with Crippen LogP contribution in [0.25, 0.3) is 0 Å². The van der Waals surface area contributed by atoms with E-state index in [-0.39, 0.29) is 24.2 Å². The first-order valence-electron chi connectivity index (χ1n) is 8.59. The molecule has 6 heteroatoms. The number of nitrogens with zero attached hydrogens (tertiary/aromatic N) is 2. The van der Waals surface area contributed by atoms with Crippen LogP contribution in [0.2, 0.25) is 0 Å². The molecule has 2 aliphatic rings. The maximum atomic E-state index is 12.6. The van der Waals surface area contributed by atoms with E-state index in [4.69, 9.17) is 5.73 Å². The highest BCUT2D eigenvalue weighted by molar-refractivity contribution is 5.95. The van der Waals surface area contributed by atoms with E-state index in [1.165, 1.54) is 19.3 Å². The highest BCUT2D eigenvalue weighted by atomic mass is 35.5. The van der Waals surface area contributed by atoms with Crippen LogP contribution in [0, 0.1) is 5.92 Å². The van der Waals surface area contributed by atoms with Gasteiger partial charge in [0, 0.05) is 43.3 Å². The molecule has 132 valence electrons. The van der Waals surface area contributed by atoms with Gasteiger partial charge in [-0.05, 0) is 31.0 Å². The molecule has 2 fully saturated rings. The number of halogens is 1. The van der Waals surface area contributed by atoms with Crippen molar-refractivity contribution >= 4 is 29.9 Å². The highest BCUT2D eigenvalue weighted by Gasteiger charge is 2.29. The summed E-state index contributed by atoms with van der Waals surface area (Å²) in [7, 11) is 0. The lowest BCUT2D eigenvalue weighted by Gasteiger charge is -2.37. The summed E-state index contributed by atoms with van der Waals surface area (Å²) in [6.45, 7) is 2.49. The van der Waals surface area contributed by atoms with Gasteiger partial charge in [0.1, 0.15) is 0 Å². The van der Waals surface area contributed by atoms with Gasteiger partial charge < -0.3 is 15.5 Å². The minimum absolute atomic E-state index is 0. The summed E-state index contributed by atoms with van der Waals surface area (Å²) in [5.74, 6) is 0.503. The Morgan fingerprint density at radius 2 is 1.58 bits per heavy atom. The highest BCUT2D eigenvalue weighted by Crippen LogP contribution is 2.26. The topological polar surface area (TPSA) is 66.6 Å². The van der Waals surface area contributed by atoms with E-state index in [0.717, 1.165) is 12.8 Å². The van der Waals surface area contributed by atoms with Gasteiger partial charge in [0.2, 0.25) is 5.91 Å². The number of nitrogens with two attached hydrogens (primary N) is 1. The van der Waals surface area contributed by atoms with E-state index in [2.05, 4.69) is 0 Å². The first kappa shape index (κ1) is 18.6. The Morgan fingerprint density at radius 1 is 0.958 bits per heavy atom. The summed E-state index contributed by atoms with van der Waals surface area (Å²) < 4.78 is 0. The summed E-state index contributed by atoms with van der Waals surface area (Å²) in [4.78, 5) is 28.8. The van der Waals surface area contributed by atoms with Crippen molar-refractivity contribution in [1.82, 2.24) is 9.80 Å². The molecule has 2 N–H and O–H groups in total. The fourth-order valence-corrected chi connectivity index (χ4v) is 3.59. The predicted octanol–water partition coefficient (Wildman–Crippen LogP) is 2.56. The lowest BCUT2D eigenvalue weighted by atomic mass is 9.88. The summed E-state index contributed by atoms with van der Waals surface area (Å²) in [6, 6.07) is 7.07.